The molecule has 0 saturated carbocycles. The number of ether oxygens (including phenoxy) is 2. The van der Waals surface area contributed by atoms with Gasteiger partial charge in [0.05, 0.1) is 13.7 Å². The molecule has 1 N–H and O–H groups in total. The van der Waals surface area contributed by atoms with Crippen LogP contribution in [-0.4, -0.2) is 47.2 Å². The van der Waals surface area contributed by atoms with Gasteiger partial charge < -0.3 is 14.4 Å². The summed E-state index contributed by atoms with van der Waals surface area (Å²) in [6, 6.07) is 7.88. The van der Waals surface area contributed by atoms with E-state index in [4.69, 9.17) is 9.47 Å². The Morgan fingerprint density at radius 2 is 2.19 bits per heavy atom. The Hall–Kier alpha value is -2.83. The fourth-order valence-electron chi connectivity index (χ4n) is 3.71. The summed E-state index contributed by atoms with van der Waals surface area (Å²) in [6.45, 7) is 1.54. The number of hydrogen-bond acceptors (Lipinski definition) is 5. The third-order valence-corrected chi connectivity index (χ3v) is 5.14. The Bertz CT molecular complexity index is 845. The number of hydrogen-bond donors (Lipinski definition) is 1. The van der Waals surface area contributed by atoms with E-state index in [-0.39, 0.29) is 17.5 Å². The lowest BCUT2D eigenvalue weighted by molar-refractivity contribution is -0.136. The highest BCUT2D eigenvalue weighted by Gasteiger charge is 2.32. The van der Waals surface area contributed by atoms with Gasteiger partial charge >= 0.3 is 5.97 Å². The molecule has 0 fully saturated rings. The van der Waals surface area contributed by atoms with E-state index in [1.54, 1.807) is 0 Å². The monoisotopic (exact) mass is 355 g/mol. The van der Waals surface area contributed by atoms with Crippen LogP contribution in [0.2, 0.25) is 0 Å². The predicted molar refractivity (Wildman–Crippen MR) is 92.8 cm³/mol. The summed E-state index contributed by atoms with van der Waals surface area (Å²) >= 11 is 0. The lowest BCUT2D eigenvalue weighted by atomic mass is 9.94. The molecule has 2 aromatic rings. The highest BCUT2D eigenvalue weighted by Crippen LogP contribution is 2.29. The maximum atomic E-state index is 13.1. The number of rotatable bonds is 2. The van der Waals surface area contributed by atoms with Crippen molar-refractivity contribution in [3.63, 3.8) is 0 Å². The van der Waals surface area contributed by atoms with Crippen LogP contribution in [0, 0.1) is 5.92 Å². The quantitative estimate of drug-likeness (QED) is 0.829. The molecule has 0 radical (unpaired) electrons. The number of nitrogens with one attached hydrogen (secondary N) is 1. The highest BCUT2D eigenvalue weighted by atomic mass is 16.5. The first-order chi connectivity index (χ1) is 12.7. The number of aromatic nitrogens is 2. The van der Waals surface area contributed by atoms with Gasteiger partial charge in [-0.05, 0) is 24.5 Å². The number of para-hydroxylation sites is 1. The van der Waals surface area contributed by atoms with E-state index < -0.39 is 5.97 Å². The van der Waals surface area contributed by atoms with Crippen LogP contribution in [-0.2, 0) is 28.9 Å². The van der Waals surface area contributed by atoms with Crippen LogP contribution in [0.1, 0.15) is 33.7 Å². The summed E-state index contributed by atoms with van der Waals surface area (Å²) in [6.07, 6.45) is 2.02. The van der Waals surface area contributed by atoms with Crippen molar-refractivity contribution in [1.29, 1.82) is 0 Å². The number of aromatic amines is 1. The number of H-pyrrole nitrogens is 1. The Balaban J connectivity index is 1.53. The fourth-order valence-corrected chi connectivity index (χ4v) is 3.71. The number of carbonyl (C=O) groups is 2. The highest BCUT2D eigenvalue weighted by molar-refractivity contribution is 5.89. The van der Waals surface area contributed by atoms with Crippen LogP contribution in [0.4, 0.5) is 0 Å². The predicted octanol–water partition coefficient (Wildman–Crippen LogP) is 1.72. The van der Waals surface area contributed by atoms with Crippen molar-refractivity contribution in [2.45, 2.75) is 25.8 Å². The average molecular weight is 355 g/mol. The second-order valence-electron chi connectivity index (χ2n) is 6.68. The van der Waals surface area contributed by atoms with E-state index in [1.807, 2.05) is 29.2 Å². The van der Waals surface area contributed by atoms with E-state index in [0.29, 0.717) is 39.0 Å². The Morgan fingerprint density at radius 3 is 3.04 bits per heavy atom. The molecule has 0 saturated heterocycles. The molecule has 26 heavy (non-hydrogen) atoms. The normalized spacial score (nSPS) is 19.0. The molecule has 2 aliphatic heterocycles. The number of nitrogens with zero attached hydrogens (tertiary/aromatic N) is 2. The molecular weight excluding hydrogens is 334 g/mol. The summed E-state index contributed by atoms with van der Waals surface area (Å²) in [5.74, 6) is 0.377. The number of fused-ring (bicyclic) bond motifs is 2. The molecule has 0 unspecified atom stereocenters. The lowest BCUT2D eigenvalue weighted by Crippen LogP contribution is -2.40. The van der Waals surface area contributed by atoms with E-state index in [2.05, 4.69) is 10.2 Å². The van der Waals surface area contributed by atoms with Crippen molar-refractivity contribution in [1.82, 2.24) is 15.1 Å². The second kappa shape index (κ2) is 6.82. The van der Waals surface area contributed by atoms with Crippen molar-refractivity contribution < 1.29 is 19.1 Å². The minimum atomic E-state index is -0.478. The van der Waals surface area contributed by atoms with Crippen LogP contribution in [0.3, 0.4) is 0 Å². The van der Waals surface area contributed by atoms with Gasteiger partial charge in [0.15, 0.2) is 5.69 Å². The Labute approximate surface area is 151 Å². The molecule has 4 rings (SSSR count). The standard InChI is InChI=1S/C19H21N3O4/c1-25-19(24)17-14-11-22(8-6-15(14)20-21-17)18(23)13-7-9-26-16-5-3-2-4-12(16)10-13/h2-5,13H,6-11H2,1H3,(H,20,21)/t13-/m1/s1. The van der Waals surface area contributed by atoms with Crippen molar-refractivity contribution in [3.05, 3.63) is 46.8 Å². The van der Waals surface area contributed by atoms with Gasteiger partial charge in [-0.25, -0.2) is 4.79 Å². The van der Waals surface area contributed by atoms with Crippen molar-refractivity contribution in [2.75, 3.05) is 20.3 Å². The minimum Gasteiger partial charge on any atom is -0.493 e. The Kier molecular flexibility index (Phi) is 4.36. The summed E-state index contributed by atoms with van der Waals surface area (Å²) in [5.41, 5.74) is 3.01. The van der Waals surface area contributed by atoms with E-state index in [9.17, 15) is 9.59 Å². The maximum absolute atomic E-state index is 13.1. The molecule has 1 aromatic carbocycles. The van der Waals surface area contributed by atoms with E-state index >= 15 is 0 Å². The fraction of sp³-hybridized carbons (Fsp3) is 0.421. The summed E-state index contributed by atoms with van der Waals surface area (Å²) in [7, 11) is 1.33. The van der Waals surface area contributed by atoms with Crippen molar-refractivity contribution >= 4 is 11.9 Å². The maximum Gasteiger partial charge on any atom is 0.358 e. The summed E-state index contributed by atoms with van der Waals surface area (Å²) < 4.78 is 10.6. The summed E-state index contributed by atoms with van der Waals surface area (Å²) in [5, 5.41) is 6.96. The average Bonchev–Trinajstić information content (AvgIpc) is 2.97. The molecular formula is C19H21N3O4. The number of esters is 1. The van der Waals surface area contributed by atoms with Gasteiger partial charge in [-0.15, -0.1) is 0 Å². The molecule has 7 nitrogen and oxygen atoms in total. The van der Waals surface area contributed by atoms with E-state index in [1.165, 1.54) is 7.11 Å². The van der Waals surface area contributed by atoms with Gasteiger partial charge in [0.25, 0.3) is 0 Å². The zero-order chi connectivity index (χ0) is 18.1. The third-order valence-electron chi connectivity index (χ3n) is 5.14. The molecule has 1 aromatic heterocycles. The number of carbonyl (C=O) groups excluding carboxylic acids is 2. The Morgan fingerprint density at radius 1 is 1.35 bits per heavy atom. The van der Waals surface area contributed by atoms with Crippen LogP contribution < -0.4 is 4.74 Å². The third kappa shape index (κ3) is 2.94. The molecule has 1 atom stereocenters. The topological polar surface area (TPSA) is 84.5 Å². The number of benzene rings is 1. The minimum absolute atomic E-state index is 0.105. The molecule has 0 spiro atoms. The van der Waals surface area contributed by atoms with E-state index in [0.717, 1.165) is 22.6 Å². The van der Waals surface area contributed by atoms with Gasteiger partial charge in [-0.2, -0.15) is 5.10 Å². The first kappa shape index (κ1) is 16.6. The first-order valence-electron chi connectivity index (χ1n) is 8.81. The van der Waals surface area contributed by atoms with Gasteiger partial charge in [-0.3, -0.25) is 9.89 Å². The molecule has 0 bridgehead atoms. The zero-order valence-corrected chi connectivity index (χ0v) is 14.7. The zero-order valence-electron chi connectivity index (χ0n) is 14.7. The molecule has 2 aliphatic rings. The van der Waals surface area contributed by atoms with Crippen molar-refractivity contribution in [3.8, 4) is 5.75 Å². The molecule has 3 heterocycles. The van der Waals surface area contributed by atoms with Crippen LogP contribution in [0.25, 0.3) is 0 Å². The van der Waals surface area contributed by atoms with Crippen LogP contribution in [0.15, 0.2) is 24.3 Å². The lowest BCUT2D eigenvalue weighted by Gasteiger charge is -2.30. The van der Waals surface area contributed by atoms with Crippen molar-refractivity contribution in [2.24, 2.45) is 5.92 Å². The largest absolute Gasteiger partial charge is 0.493 e. The summed E-state index contributed by atoms with van der Waals surface area (Å²) in [4.78, 5) is 26.8. The molecule has 0 aliphatic carbocycles. The SMILES string of the molecule is COC(=O)c1n[nH]c2c1CN(C(=O)[C@@H]1CCOc3ccccc3C1)CC2. The number of amides is 1. The molecule has 1 amide bonds. The van der Waals surface area contributed by atoms with Gasteiger partial charge in [0.2, 0.25) is 5.91 Å². The van der Waals surface area contributed by atoms with Gasteiger partial charge in [-0.1, -0.05) is 18.2 Å². The van der Waals surface area contributed by atoms with Gasteiger partial charge in [0, 0.05) is 36.7 Å². The smallest absolute Gasteiger partial charge is 0.358 e. The second-order valence-corrected chi connectivity index (χ2v) is 6.68. The van der Waals surface area contributed by atoms with Gasteiger partial charge in [0.1, 0.15) is 5.75 Å². The number of methoxy groups -OCH3 is 1. The molecule has 7 heteroatoms. The van der Waals surface area contributed by atoms with Crippen LogP contribution in [0.5, 0.6) is 5.75 Å². The van der Waals surface area contributed by atoms with Crippen LogP contribution >= 0.6 is 0 Å². The molecule has 136 valence electrons. The first-order valence-corrected chi connectivity index (χ1v) is 8.81.